The summed E-state index contributed by atoms with van der Waals surface area (Å²) >= 11 is 5.70. The summed E-state index contributed by atoms with van der Waals surface area (Å²) in [4.78, 5) is 0. The van der Waals surface area contributed by atoms with Crippen LogP contribution in [0.1, 0.15) is 19.1 Å². The van der Waals surface area contributed by atoms with Gasteiger partial charge in [-0.05, 0) is 54.4 Å². The Morgan fingerprint density at radius 3 is 2.56 bits per heavy atom. The second-order valence-electron chi connectivity index (χ2n) is 3.93. The first-order valence-corrected chi connectivity index (χ1v) is 6.36. The molecule has 0 saturated carbocycles. The molecule has 0 radical (unpaired) electrons. The number of ether oxygens (including phenoxy) is 1. The molecular formula is C14H16ClNO2. The molecule has 1 aromatic carbocycles. The lowest BCUT2D eigenvalue weighted by Crippen LogP contribution is -1.98. The molecule has 0 spiro atoms. The van der Waals surface area contributed by atoms with Crippen molar-refractivity contribution in [1.82, 2.24) is 0 Å². The third-order valence-corrected chi connectivity index (χ3v) is 2.63. The van der Waals surface area contributed by atoms with Gasteiger partial charge in [0.1, 0.15) is 11.5 Å². The number of hydrogen-bond donors (Lipinski definition) is 1. The Kier molecular flexibility index (Phi) is 4.53. The third kappa shape index (κ3) is 3.70. The molecule has 0 unspecified atom stereocenters. The molecule has 96 valence electrons. The van der Waals surface area contributed by atoms with E-state index >= 15 is 0 Å². The van der Waals surface area contributed by atoms with Crippen LogP contribution in [-0.2, 0) is 6.54 Å². The topological polar surface area (TPSA) is 34.4 Å². The monoisotopic (exact) mass is 265 g/mol. The van der Waals surface area contributed by atoms with Crippen LogP contribution in [0.2, 0.25) is 5.22 Å². The van der Waals surface area contributed by atoms with Crippen LogP contribution in [0.15, 0.2) is 40.8 Å². The van der Waals surface area contributed by atoms with Crippen molar-refractivity contribution in [2.45, 2.75) is 19.9 Å². The van der Waals surface area contributed by atoms with Crippen LogP contribution in [0, 0.1) is 0 Å². The van der Waals surface area contributed by atoms with Crippen LogP contribution in [0.25, 0.3) is 0 Å². The number of nitrogens with one attached hydrogen (secondary N) is 1. The molecule has 3 nitrogen and oxygen atoms in total. The molecule has 0 saturated heterocycles. The lowest BCUT2D eigenvalue weighted by Gasteiger charge is -2.07. The van der Waals surface area contributed by atoms with Crippen LogP contribution in [0.5, 0.6) is 5.75 Å². The highest BCUT2D eigenvalue weighted by Crippen LogP contribution is 2.18. The number of halogens is 1. The largest absolute Gasteiger partial charge is 0.494 e. The fourth-order valence-electron chi connectivity index (χ4n) is 1.52. The summed E-state index contributed by atoms with van der Waals surface area (Å²) in [5.74, 6) is 1.70. The summed E-state index contributed by atoms with van der Waals surface area (Å²) in [6, 6.07) is 11.5. The lowest BCUT2D eigenvalue weighted by molar-refractivity contribution is 0.317. The molecule has 2 aromatic rings. The molecule has 0 aliphatic carbocycles. The van der Waals surface area contributed by atoms with Crippen LogP contribution in [-0.4, -0.2) is 6.61 Å². The number of furan rings is 1. The first-order chi connectivity index (χ1) is 8.78. The molecular weight excluding hydrogens is 250 g/mol. The minimum absolute atomic E-state index is 0.412. The quantitative estimate of drug-likeness (QED) is 0.844. The van der Waals surface area contributed by atoms with Crippen molar-refractivity contribution in [2.24, 2.45) is 0 Å². The first-order valence-electron chi connectivity index (χ1n) is 5.99. The minimum atomic E-state index is 0.412. The highest BCUT2D eigenvalue weighted by Gasteiger charge is 2.00. The van der Waals surface area contributed by atoms with Gasteiger partial charge in [-0.15, -0.1) is 0 Å². The van der Waals surface area contributed by atoms with Crippen molar-refractivity contribution >= 4 is 17.3 Å². The van der Waals surface area contributed by atoms with Gasteiger partial charge in [-0.25, -0.2) is 0 Å². The minimum Gasteiger partial charge on any atom is -0.494 e. The number of anilines is 1. The van der Waals surface area contributed by atoms with Gasteiger partial charge in [-0.2, -0.15) is 0 Å². The van der Waals surface area contributed by atoms with Gasteiger partial charge in [0.2, 0.25) is 0 Å². The smallest absolute Gasteiger partial charge is 0.193 e. The third-order valence-electron chi connectivity index (χ3n) is 2.42. The fourth-order valence-corrected chi connectivity index (χ4v) is 1.69. The van der Waals surface area contributed by atoms with Crippen LogP contribution < -0.4 is 10.1 Å². The van der Waals surface area contributed by atoms with Gasteiger partial charge >= 0.3 is 0 Å². The summed E-state index contributed by atoms with van der Waals surface area (Å²) in [5.41, 5.74) is 1.02. The summed E-state index contributed by atoms with van der Waals surface area (Å²) in [5, 5.41) is 3.66. The van der Waals surface area contributed by atoms with E-state index in [1.807, 2.05) is 30.3 Å². The second-order valence-corrected chi connectivity index (χ2v) is 4.30. The van der Waals surface area contributed by atoms with Crippen molar-refractivity contribution in [3.8, 4) is 5.75 Å². The molecule has 1 heterocycles. The van der Waals surface area contributed by atoms with Crippen molar-refractivity contribution < 1.29 is 9.15 Å². The summed E-state index contributed by atoms with van der Waals surface area (Å²) in [6.45, 7) is 3.45. The first kappa shape index (κ1) is 12.8. The van der Waals surface area contributed by atoms with Crippen molar-refractivity contribution in [3.63, 3.8) is 0 Å². The van der Waals surface area contributed by atoms with E-state index in [1.54, 1.807) is 6.07 Å². The zero-order chi connectivity index (χ0) is 12.8. The number of benzene rings is 1. The highest BCUT2D eigenvalue weighted by atomic mass is 35.5. The van der Waals surface area contributed by atoms with E-state index in [4.69, 9.17) is 20.8 Å². The molecule has 0 aliphatic heterocycles. The van der Waals surface area contributed by atoms with E-state index in [2.05, 4.69) is 12.2 Å². The maximum atomic E-state index is 5.70. The Bertz CT molecular complexity index is 479. The summed E-state index contributed by atoms with van der Waals surface area (Å²) < 4.78 is 10.8. The van der Waals surface area contributed by atoms with E-state index in [0.29, 0.717) is 11.8 Å². The molecule has 0 amide bonds. The Labute approximate surface area is 112 Å². The van der Waals surface area contributed by atoms with Gasteiger partial charge in [-0.3, -0.25) is 0 Å². The Morgan fingerprint density at radius 1 is 1.17 bits per heavy atom. The molecule has 0 atom stereocenters. The predicted molar refractivity (Wildman–Crippen MR) is 73.3 cm³/mol. The molecule has 4 heteroatoms. The van der Waals surface area contributed by atoms with Crippen molar-refractivity contribution in [2.75, 3.05) is 11.9 Å². The van der Waals surface area contributed by atoms with Gasteiger partial charge < -0.3 is 14.5 Å². The molecule has 0 bridgehead atoms. The van der Waals surface area contributed by atoms with Gasteiger partial charge in [0, 0.05) is 5.69 Å². The summed E-state index contributed by atoms with van der Waals surface area (Å²) in [6.07, 6.45) is 1.01. The standard InChI is InChI=1S/C14H16ClNO2/c1-2-9-17-12-5-3-11(4-6-12)16-10-13-7-8-14(15)18-13/h3-8,16H,2,9-10H2,1H3. The molecule has 0 aliphatic rings. The zero-order valence-corrected chi connectivity index (χ0v) is 11.0. The normalized spacial score (nSPS) is 10.3. The Morgan fingerprint density at radius 2 is 1.94 bits per heavy atom. The zero-order valence-electron chi connectivity index (χ0n) is 10.3. The lowest BCUT2D eigenvalue weighted by atomic mass is 10.3. The van der Waals surface area contributed by atoms with Crippen LogP contribution in [0.3, 0.4) is 0 Å². The average Bonchev–Trinajstić information content (AvgIpc) is 2.81. The molecule has 2 rings (SSSR count). The molecule has 18 heavy (non-hydrogen) atoms. The van der Waals surface area contributed by atoms with Crippen LogP contribution in [0.4, 0.5) is 5.69 Å². The Balaban J connectivity index is 1.86. The maximum Gasteiger partial charge on any atom is 0.193 e. The highest BCUT2D eigenvalue weighted by molar-refractivity contribution is 6.28. The maximum absolute atomic E-state index is 5.70. The second kappa shape index (κ2) is 6.36. The van der Waals surface area contributed by atoms with Gasteiger partial charge in [0.15, 0.2) is 5.22 Å². The van der Waals surface area contributed by atoms with Crippen molar-refractivity contribution in [1.29, 1.82) is 0 Å². The fraction of sp³-hybridized carbons (Fsp3) is 0.286. The van der Waals surface area contributed by atoms with Gasteiger partial charge in [0.25, 0.3) is 0 Å². The predicted octanol–water partition coefficient (Wildman–Crippen LogP) is 4.33. The average molecular weight is 266 g/mol. The Hall–Kier alpha value is -1.61. The van der Waals surface area contributed by atoms with E-state index in [9.17, 15) is 0 Å². The van der Waals surface area contributed by atoms with Crippen LogP contribution >= 0.6 is 11.6 Å². The number of rotatable bonds is 6. The van der Waals surface area contributed by atoms with E-state index in [-0.39, 0.29) is 0 Å². The van der Waals surface area contributed by atoms with E-state index in [0.717, 1.165) is 30.2 Å². The molecule has 0 fully saturated rings. The SMILES string of the molecule is CCCOc1ccc(NCc2ccc(Cl)o2)cc1. The van der Waals surface area contributed by atoms with Gasteiger partial charge in [0.05, 0.1) is 13.2 Å². The van der Waals surface area contributed by atoms with Crippen molar-refractivity contribution in [3.05, 3.63) is 47.4 Å². The van der Waals surface area contributed by atoms with Gasteiger partial charge in [-0.1, -0.05) is 6.92 Å². The molecule has 1 N–H and O–H groups in total. The van der Waals surface area contributed by atoms with E-state index in [1.165, 1.54) is 0 Å². The number of hydrogen-bond acceptors (Lipinski definition) is 3. The van der Waals surface area contributed by atoms with E-state index < -0.39 is 0 Å². The summed E-state index contributed by atoms with van der Waals surface area (Å²) in [7, 11) is 0. The molecule has 1 aromatic heterocycles.